The maximum Gasteiger partial charge on any atom is 0.222 e. The summed E-state index contributed by atoms with van der Waals surface area (Å²) in [6.45, 7) is 0.297. The molecule has 2 aliphatic rings. The standard InChI is InChI=1S/C17H29NO2/c1-18(2)16(20)9-6-8-15-11-10-14-7-4-3-5-12-17(14,15)13-19/h8,14,19H,3-7,9-13H2,1-2H3/b15-8+/t14-,17+/m0/s1. The van der Waals surface area contributed by atoms with Crippen molar-refractivity contribution in [2.24, 2.45) is 11.3 Å². The van der Waals surface area contributed by atoms with Gasteiger partial charge in [0.15, 0.2) is 0 Å². The summed E-state index contributed by atoms with van der Waals surface area (Å²) in [5.74, 6) is 0.862. The van der Waals surface area contributed by atoms with Crippen molar-refractivity contribution in [3.8, 4) is 0 Å². The second-order valence-electron chi connectivity index (χ2n) is 6.71. The number of amides is 1. The van der Waals surface area contributed by atoms with Crippen LogP contribution in [-0.2, 0) is 4.79 Å². The highest BCUT2D eigenvalue weighted by atomic mass is 16.3. The first-order valence-electron chi connectivity index (χ1n) is 8.10. The molecule has 2 aliphatic carbocycles. The van der Waals surface area contributed by atoms with E-state index in [1.807, 2.05) is 14.1 Å². The molecule has 20 heavy (non-hydrogen) atoms. The van der Waals surface area contributed by atoms with Crippen LogP contribution in [0.5, 0.6) is 0 Å². The smallest absolute Gasteiger partial charge is 0.222 e. The number of allylic oxidation sites excluding steroid dienone is 1. The van der Waals surface area contributed by atoms with Gasteiger partial charge in [-0.3, -0.25) is 4.79 Å². The molecule has 0 heterocycles. The van der Waals surface area contributed by atoms with Crippen molar-refractivity contribution in [3.05, 3.63) is 11.6 Å². The van der Waals surface area contributed by atoms with E-state index in [9.17, 15) is 9.90 Å². The van der Waals surface area contributed by atoms with Crippen molar-refractivity contribution in [1.82, 2.24) is 4.90 Å². The fourth-order valence-corrected chi connectivity index (χ4v) is 4.12. The lowest BCUT2D eigenvalue weighted by Crippen LogP contribution is -2.30. The number of rotatable bonds is 4. The molecule has 0 aromatic heterocycles. The van der Waals surface area contributed by atoms with Gasteiger partial charge < -0.3 is 10.0 Å². The van der Waals surface area contributed by atoms with Crippen LogP contribution in [0.1, 0.15) is 57.8 Å². The van der Waals surface area contributed by atoms with Crippen molar-refractivity contribution in [1.29, 1.82) is 0 Å². The van der Waals surface area contributed by atoms with E-state index in [-0.39, 0.29) is 11.3 Å². The highest BCUT2D eigenvalue weighted by molar-refractivity contribution is 5.75. The van der Waals surface area contributed by atoms with E-state index in [2.05, 4.69) is 6.08 Å². The van der Waals surface area contributed by atoms with E-state index in [0.717, 1.165) is 19.3 Å². The van der Waals surface area contributed by atoms with E-state index < -0.39 is 0 Å². The van der Waals surface area contributed by atoms with E-state index in [1.54, 1.807) is 4.90 Å². The van der Waals surface area contributed by atoms with Crippen molar-refractivity contribution >= 4 is 5.91 Å². The van der Waals surface area contributed by atoms with Crippen LogP contribution < -0.4 is 0 Å². The van der Waals surface area contributed by atoms with Gasteiger partial charge >= 0.3 is 0 Å². The van der Waals surface area contributed by atoms with Crippen LogP contribution in [0.4, 0.5) is 0 Å². The molecule has 0 spiro atoms. The predicted molar refractivity (Wildman–Crippen MR) is 81.3 cm³/mol. The minimum Gasteiger partial charge on any atom is -0.395 e. The molecule has 3 heteroatoms. The average molecular weight is 279 g/mol. The van der Waals surface area contributed by atoms with Crippen LogP contribution >= 0.6 is 0 Å². The number of hydrogen-bond acceptors (Lipinski definition) is 2. The van der Waals surface area contributed by atoms with E-state index in [0.29, 0.717) is 18.9 Å². The Labute approximate surface area is 123 Å². The molecule has 0 aromatic rings. The first-order valence-corrected chi connectivity index (χ1v) is 8.10. The van der Waals surface area contributed by atoms with Crippen molar-refractivity contribution in [2.45, 2.75) is 57.8 Å². The Morgan fingerprint density at radius 1 is 1.35 bits per heavy atom. The lowest BCUT2D eigenvalue weighted by atomic mass is 9.72. The Morgan fingerprint density at radius 3 is 2.85 bits per heavy atom. The number of fused-ring (bicyclic) bond motifs is 1. The summed E-state index contributed by atoms with van der Waals surface area (Å²) in [7, 11) is 3.61. The van der Waals surface area contributed by atoms with Gasteiger partial charge in [-0.25, -0.2) is 0 Å². The molecular formula is C17H29NO2. The summed E-state index contributed by atoms with van der Waals surface area (Å²) in [4.78, 5) is 13.3. The van der Waals surface area contributed by atoms with Gasteiger partial charge in [0.05, 0.1) is 6.61 Å². The monoisotopic (exact) mass is 279 g/mol. The highest BCUT2D eigenvalue weighted by Gasteiger charge is 2.45. The first-order chi connectivity index (χ1) is 9.60. The lowest BCUT2D eigenvalue weighted by Gasteiger charge is -2.34. The number of hydrogen-bond donors (Lipinski definition) is 1. The molecule has 2 rings (SSSR count). The zero-order valence-electron chi connectivity index (χ0n) is 13.0. The largest absolute Gasteiger partial charge is 0.395 e. The zero-order valence-corrected chi connectivity index (χ0v) is 13.0. The Morgan fingerprint density at radius 2 is 2.15 bits per heavy atom. The van der Waals surface area contributed by atoms with E-state index in [4.69, 9.17) is 0 Å². The summed E-state index contributed by atoms with van der Waals surface area (Å²) < 4.78 is 0. The Balaban J connectivity index is 2.04. The van der Waals surface area contributed by atoms with Crippen LogP contribution in [0.25, 0.3) is 0 Å². The number of aliphatic hydroxyl groups is 1. The second kappa shape index (κ2) is 6.75. The second-order valence-corrected chi connectivity index (χ2v) is 6.71. The topological polar surface area (TPSA) is 40.5 Å². The average Bonchev–Trinajstić information content (AvgIpc) is 2.64. The molecule has 1 N–H and O–H groups in total. The Kier molecular flexibility index (Phi) is 5.25. The molecule has 0 saturated heterocycles. The van der Waals surface area contributed by atoms with Crippen LogP contribution in [0, 0.1) is 11.3 Å². The van der Waals surface area contributed by atoms with Gasteiger partial charge in [-0.2, -0.15) is 0 Å². The third-order valence-electron chi connectivity index (χ3n) is 5.39. The van der Waals surface area contributed by atoms with Crippen LogP contribution in [-0.4, -0.2) is 36.6 Å². The van der Waals surface area contributed by atoms with Gasteiger partial charge in [-0.15, -0.1) is 0 Å². The minimum atomic E-state index is 0.0532. The molecule has 1 amide bonds. The van der Waals surface area contributed by atoms with Gasteiger partial charge in [-0.05, 0) is 38.0 Å². The summed E-state index contributed by atoms with van der Waals surface area (Å²) in [5, 5.41) is 10.0. The molecule has 0 aromatic carbocycles. The molecule has 0 aliphatic heterocycles. The number of aliphatic hydroxyl groups excluding tert-OH is 1. The molecule has 3 nitrogen and oxygen atoms in total. The van der Waals surface area contributed by atoms with Gasteiger partial charge in [0.1, 0.15) is 0 Å². The number of nitrogens with zero attached hydrogens (tertiary/aromatic N) is 1. The van der Waals surface area contributed by atoms with Gasteiger partial charge in [-0.1, -0.05) is 30.9 Å². The zero-order chi connectivity index (χ0) is 14.6. The van der Waals surface area contributed by atoms with Crippen LogP contribution in [0.3, 0.4) is 0 Å². The molecule has 2 atom stereocenters. The highest BCUT2D eigenvalue weighted by Crippen LogP contribution is 2.54. The number of carbonyl (C=O) groups excluding carboxylic acids is 1. The Hall–Kier alpha value is -0.830. The lowest BCUT2D eigenvalue weighted by molar-refractivity contribution is -0.128. The summed E-state index contributed by atoms with van der Waals surface area (Å²) in [5.41, 5.74) is 1.50. The van der Waals surface area contributed by atoms with Crippen LogP contribution in [0.15, 0.2) is 11.6 Å². The SMILES string of the molecule is CN(C)C(=O)CC/C=C1\CC[C@@H]2CCCCC[C@]12CO. The molecular weight excluding hydrogens is 250 g/mol. The first kappa shape index (κ1) is 15.6. The molecule has 0 radical (unpaired) electrons. The van der Waals surface area contributed by atoms with Gasteiger partial charge in [0.25, 0.3) is 0 Å². The van der Waals surface area contributed by atoms with Crippen LogP contribution in [0.2, 0.25) is 0 Å². The summed E-state index contributed by atoms with van der Waals surface area (Å²) in [6.07, 6.45) is 12.3. The minimum absolute atomic E-state index is 0.0532. The molecule has 114 valence electrons. The maximum absolute atomic E-state index is 11.7. The quantitative estimate of drug-likeness (QED) is 0.803. The Bertz CT molecular complexity index is 375. The third kappa shape index (κ3) is 3.08. The van der Waals surface area contributed by atoms with Gasteiger partial charge in [0, 0.05) is 25.9 Å². The van der Waals surface area contributed by atoms with Crippen molar-refractivity contribution < 1.29 is 9.90 Å². The molecule has 2 fully saturated rings. The summed E-state index contributed by atoms with van der Waals surface area (Å²) >= 11 is 0. The number of carbonyl (C=O) groups is 1. The van der Waals surface area contributed by atoms with E-state index >= 15 is 0 Å². The summed E-state index contributed by atoms with van der Waals surface area (Å²) in [6, 6.07) is 0. The molecule has 0 bridgehead atoms. The van der Waals surface area contributed by atoms with Gasteiger partial charge in [0.2, 0.25) is 5.91 Å². The fourth-order valence-electron chi connectivity index (χ4n) is 4.12. The normalized spacial score (nSPS) is 31.9. The predicted octanol–water partition coefficient (Wildman–Crippen LogP) is 3.13. The van der Waals surface area contributed by atoms with E-state index in [1.165, 1.54) is 37.7 Å². The molecule has 0 unspecified atom stereocenters. The third-order valence-corrected chi connectivity index (χ3v) is 5.39. The van der Waals surface area contributed by atoms with Crippen molar-refractivity contribution in [3.63, 3.8) is 0 Å². The molecule has 2 saturated carbocycles. The van der Waals surface area contributed by atoms with Crippen molar-refractivity contribution in [2.75, 3.05) is 20.7 Å². The maximum atomic E-state index is 11.7. The fraction of sp³-hybridized carbons (Fsp3) is 0.824.